The fourth-order valence-corrected chi connectivity index (χ4v) is 2.22. The van der Waals surface area contributed by atoms with E-state index < -0.39 is 0 Å². The molecule has 6 heteroatoms. The summed E-state index contributed by atoms with van der Waals surface area (Å²) >= 11 is 5.92. The molecule has 0 unspecified atom stereocenters. The average molecular weight is 286 g/mol. The van der Waals surface area contributed by atoms with Crippen LogP contribution in [-0.2, 0) is 6.42 Å². The van der Waals surface area contributed by atoms with Crippen LogP contribution in [0.3, 0.4) is 0 Å². The van der Waals surface area contributed by atoms with Crippen LogP contribution in [0.5, 0.6) is 0 Å². The highest BCUT2D eigenvalue weighted by atomic mass is 35.5. The Kier molecular flexibility index (Phi) is 2.47. The van der Waals surface area contributed by atoms with Gasteiger partial charge in [0.15, 0.2) is 11.2 Å². The normalized spacial score (nSPS) is 11.4. The standard InChI is InChI=1S/C14H8ClN3O2/c15-8-1-2-9-12(5-8)20-13(17-9)6-14-18-10-7-16-4-3-11(10)19-14/h1-5,7H,6H2. The third-order valence-electron chi connectivity index (χ3n) is 2.93. The molecule has 0 amide bonds. The van der Waals surface area contributed by atoms with Gasteiger partial charge >= 0.3 is 0 Å². The molecule has 3 heterocycles. The minimum Gasteiger partial charge on any atom is -0.440 e. The molecule has 0 aliphatic rings. The monoisotopic (exact) mass is 285 g/mol. The van der Waals surface area contributed by atoms with Crippen LogP contribution in [0, 0.1) is 0 Å². The Labute approximate surface area is 118 Å². The molecule has 0 atom stereocenters. The Balaban J connectivity index is 1.72. The fourth-order valence-electron chi connectivity index (χ4n) is 2.05. The number of pyridine rings is 1. The zero-order valence-corrected chi connectivity index (χ0v) is 11.0. The summed E-state index contributed by atoms with van der Waals surface area (Å²) in [5.74, 6) is 1.09. The summed E-state index contributed by atoms with van der Waals surface area (Å²) in [6.45, 7) is 0. The molecule has 0 radical (unpaired) electrons. The van der Waals surface area contributed by atoms with Crippen molar-refractivity contribution in [3.05, 3.63) is 53.5 Å². The zero-order valence-electron chi connectivity index (χ0n) is 10.2. The van der Waals surface area contributed by atoms with Gasteiger partial charge in [-0.05, 0) is 12.1 Å². The minimum atomic E-state index is 0.390. The number of fused-ring (bicyclic) bond motifs is 2. The van der Waals surface area contributed by atoms with Gasteiger partial charge in [0, 0.05) is 23.4 Å². The van der Waals surface area contributed by atoms with Gasteiger partial charge in [0.2, 0.25) is 11.8 Å². The van der Waals surface area contributed by atoms with Crippen LogP contribution in [0.1, 0.15) is 11.8 Å². The number of hydrogen-bond acceptors (Lipinski definition) is 5. The van der Waals surface area contributed by atoms with Crippen LogP contribution in [-0.4, -0.2) is 15.0 Å². The molecule has 0 N–H and O–H groups in total. The van der Waals surface area contributed by atoms with Gasteiger partial charge in [-0.1, -0.05) is 11.6 Å². The lowest BCUT2D eigenvalue weighted by Crippen LogP contribution is -1.87. The first-order valence-corrected chi connectivity index (χ1v) is 6.40. The van der Waals surface area contributed by atoms with Crippen LogP contribution >= 0.6 is 11.6 Å². The predicted molar refractivity (Wildman–Crippen MR) is 73.6 cm³/mol. The molecular formula is C14H8ClN3O2. The van der Waals surface area contributed by atoms with E-state index in [0.29, 0.717) is 34.4 Å². The number of nitrogens with zero attached hydrogens (tertiary/aromatic N) is 3. The van der Waals surface area contributed by atoms with Crippen molar-refractivity contribution in [1.29, 1.82) is 0 Å². The lowest BCUT2D eigenvalue weighted by atomic mass is 10.3. The maximum Gasteiger partial charge on any atom is 0.204 e. The second-order valence-corrected chi connectivity index (χ2v) is 4.78. The molecular weight excluding hydrogens is 278 g/mol. The highest BCUT2D eigenvalue weighted by Gasteiger charge is 2.11. The third kappa shape index (κ3) is 1.92. The number of hydrogen-bond donors (Lipinski definition) is 0. The van der Waals surface area contributed by atoms with Crippen molar-refractivity contribution in [3.8, 4) is 0 Å². The van der Waals surface area contributed by atoms with Crippen molar-refractivity contribution < 1.29 is 8.83 Å². The van der Waals surface area contributed by atoms with Crippen molar-refractivity contribution in [1.82, 2.24) is 15.0 Å². The van der Waals surface area contributed by atoms with E-state index >= 15 is 0 Å². The maximum atomic E-state index is 5.92. The number of oxazole rings is 2. The van der Waals surface area contributed by atoms with Crippen LogP contribution in [0.25, 0.3) is 22.2 Å². The Bertz CT molecular complexity index is 880. The Morgan fingerprint density at radius 2 is 1.75 bits per heavy atom. The molecule has 1 aromatic carbocycles. The first kappa shape index (κ1) is 11.4. The molecule has 0 saturated carbocycles. The van der Waals surface area contributed by atoms with Crippen LogP contribution in [0.4, 0.5) is 0 Å². The molecule has 4 rings (SSSR count). The summed E-state index contributed by atoms with van der Waals surface area (Å²) < 4.78 is 11.3. The summed E-state index contributed by atoms with van der Waals surface area (Å²) in [4.78, 5) is 12.7. The maximum absolute atomic E-state index is 5.92. The quantitative estimate of drug-likeness (QED) is 0.563. The number of aromatic nitrogens is 3. The van der Waals surface area contributed by atoms with E-state index in [1.165, 1.54) is 0 Å². The molecule has 0 bridgehead atoms. The number of rotatable bonds is 2. The zero-order chi connectivity index (χ0) is 13.5. The molecule has 4 aromatic rings. The van der Waals surface area contributed by atoms with Gasteiger partial charge < -0.3 is 8.83 Å². The molecule has 0 fully saturated rings. The van der Waals surface area contributed by atoms with Gasteiger partial charge in [0.25, 0.3) is 0 Å². The van der Waals surface area contributed by atoms with Crippen molar-refractivity contribution >= 4 is 33.8 Å². The molecule has 3 aromatic heterocycles. The van der Waals surface area contributed by atoms with E-state index in [-0.39, 0.29) is 0 Å². The highest BCUT2D eigenvalue weighted by molar-refractivity contribution is 6.31. The molecule has 5 nitrogen and oxygen atoms in total. The van der Waals surface area contributed by atoms with Crippen molar-refractivity contribution in [2.24, 2.45) is 0 Å². The molecule has 0 aliphatic heterocycles. The van der Waals surface area contributed by atoms with Crippen molar-refractivity contribution in [2.75, 3.05) is 0 Å². The van der Waals surface area contributed by atoms with Crippen LogP contribution < -0.4 is 0 Å². The van der Waals surface area contributed by atoms with E-state index in [1.807, 2.05) is 6.07 Å². The predicted octanol–water partition coefficient (Wildman–Crippen LogP) is 3.61. The largest absolute Gasteiger partial charge is 0.440 e. The molecule has 0 spiro atoms. The lowest BCUT2D eigenvalue weighted by molar-refractivity contribution is 0.488. The second-order valence-electron chi connectivity index (χ2n) is 4.35. The molecule has 98 valence electrons. The van der Waals surface area contributed by atoms with Gasteiger partial charge in [-0.3, -0.25) is 4.98 Å². The average Bonchev–Trinajstić information content (AvgIpc) is 3.00. The summed E-state index contributed by atoms with van der Waals surface area (Å²) in [5.41, 5.74) is 2.85. The molecule has 0 saturated heterocycles. The van der Waals surface area contributed by atoms with E-state index in [2.05, 4.69) is 15.0 Å². The topological polar surface area (TPSA) is 65.0 Å². The van der Waals surface area contributed by atoms with Gasteiger partial charge in [-0.15, -0.1) is 0 Å². The Hall–Kier alpha value is -2.40. The molecule has 20 heavy (non-hydrogen) atoms. The molecule has 0 aliphatic carbocycles. The summed E-state index contributed by atoms with van der Waals surface area (Å²) in [5, 5.41) is 0.619. The van der Waals surface area contributed by atoms with E-state index in [0.717, 1.165) is 11.0 Å². The highest BCUT2D eigenvalue weighted by Crippen LogP contribution is 2.22. The summed E-state index contributed by atoms with van der Waals surface area (Å²) in [6.07, 6.45) is 3.72. The van der Waals surface area contributed by atoms with Crippen molar-refractivity contribution in [3.63, 3.8) is 0 Å². The Morgan fingerprint density at radius 1 is 0.950 bits per heavy atom. The summed E-state index contributed by atoms with van der Waals surface area (Å²) in [7, 11) is 0. The lowest BCUT2D eigenvalue weighted by Gasteiger charge is -1.88. The SMILES string of the molecule is Clc1ccc2nc(Cc3nc4cnccc4o3)oc2c1. The fraction of sp³-hybridized carbons (Fsp3) is 0.0714. The van der Waals surface area contributed by atoms with Gasteiger partial charge in [0.05, 0.1) is 6.20 Å². The van der Waals surface area contributed by atoms with Gasteiger partial charge in [-0.25, -0.2) is 9.97 Å². The first-order valence-electron chi connectivity index (χ1n) is 6.02. The third-order valence-corrected chi connectivity index (χ3v) is 3.17. The second kappa shape index (κ2) is 4.31. The van der Waals surface area contributed by atoms with Gasteiger partial charge in [-0.2, -0.15) is 0 Å². The van der Waals surface area contributed by atoms with Crippen LogP contribution in [0.2, 0.25) is 5.02 Å². The minimum absolute atomic E-state index is 0.390. The van der Waals surface area contributed by atoms with Gasteiger partial charge in [0.1, 0.15) is 17.5 Å². The smallest absolute Gasteiger partial charge is 0.204 e. The summed E-state index contributed by atoms with van der Waals surface area (Å²) in [6, 6.07) is 7.11. The number of halogens is 1. The van der Waals surface area contributed by atoms with E-state index in [9.17, 15) is 0 Å². The van der Waals surface area contributed by atoms with Crippen LogP contribution in [0.15, 0.2) is 45.5 Å². The first-order chi connectivity index (χ1) is 9.78. The van der Waals surface area contributed by atoms with Crippen molar-refractivity contribution in [2.45, 2.75) is 6.42 Å². The Morgan fingerprint density at radius 3 is 2.60 bits per heavy atom. The van der Waals surface area contributed by atoms with E-state index in [1.54, 1.807) is 30.6 Å². The number of benzene rings is 1. The van der Waals surface area contributed by atoms with E-state index in [4.69, 9.17) is 20.4 Å².